The molecule has 0 unspecified atom stereocenters. The number of esters is 1. The number of hydrogen-bond donors (Lipinski definition) is 1. The highest BCUT2D eigenvalue weighted by atomic mass is 35.5. The number of rotatable bonds is 6. The third-order valence-electron chi connectivity index (χ3n) is 2.97. The van der Waals surface area contributed by atoms with Gasteiger partial charge < -0.3 is 10.1 Å². The van der Waals surface area contributed by atoms with E-state index in [2.05, 4.69) is 10.4 Å². The van der Waals surface area contributed by atoms with Crippen LogP contribution in [0.15, 0.2) is 30.6 Å². The summed E-state index contributed by atoms with van der Waals surface area (Å²) in [6.45, 7) is 0.0300. The van der Waals surface area contributed by atoms with Gasteiger partial charge >= 0.3 is 5.97 Å². The maximum atomic E-state index is 11.9. The van der Waals surface area contributed by atoms with E-state index in [4.69, 9.17) is 16.3 Å². The highest BCUT2D eigenvalue weighted by molar-refractivity contribution is 6.34. The molecule has 1 aromatic heterocycles. The second kappa shape index (κ2) is 7.55. The van der Waals surface area contributed by atoms with E-state index in [0.717, 1.165) is 6.07 Å². The summed E-state index contributed by atoms with van der Waals surface area (Å²) in [5, 5.41) is 16.9. The van der Waals surface area contributed by atoms with E-state index < -0.39 is 16.8 Å². The summed E-state index contributed by atoms with van der Waals surface area (Å²) in [5.41, 5.74) is 0.199. The van der Waals surface area contributed by atoms with Crippen molar-refractivity contribution >= 4 is 29.2 Å². The molecule has 9 nitrogen and oxygen atoms in total. The molecule has 0 bridgehead atoms. The van der Waals surface area contributed by atoms with Crippen molar-refractivity contribution in [2.24, 2.45) is 7.05 Å². The van der Waals surface area contributed by atoms with Crippen LogP contribution < -0.4 is 5.32 Å². The van der Waals surface area contributed by atoms with Crippen LogP contribution in [-0.2, 0) is 11.8 Å². The Hall–Kier alpha value is -2.94. The molecule has 0 radical (unpaired) electrons. The lowest BCUT2D eigenvalue weighted by atomic mass is 10.2. The monoisotopic (exact) mass is 352 g/mol. The van der Waals surface area contributed by atoms with Crippen molar-refractivity contribution in [3.63, 3.8) is 0 Å². The van der Waals surface area contributed by atoms with Crippen LogP contribution in [0.3, 0.4) is 0 Å². The van der Waals surface area contributed by atoms with Gasteiger partial charge in [-0.2, -0.15) is 5.10 Å². The van der Waals surface area contributed by atoms with Crippen molar-refractivity contribution in [3.8, 4) is 0 Å². The number of nitrogens with zero attached hydrogens (tertiary/aromatic N) is 3. The van der Waals surface area contributed by atoms with Crippen molar-refractivity contribution in [2.75, 3.05) is 13.2 Å². The van der Waals surface area contributed by atoms with E-state index in [-0.39, 0.29) is 29.4 Å². The number of amides is 1. The first-order valence-electron chi connectivity index (χ1n) is 6.76. The van der Waals surface area contributed by atoms with Gasteiger partial charge in [-0.3, -0.25) is 19.6 Å². The molecule has 10 heteroatoms. The van der Waals surface area contributed by atoms with Gasteiger partial charge in [-0.1, -0.05) is 11.6 Å². The van der Waals surface area contributed by atoms with E-state index in [9.17, 15) is 19.7 Å². The first-order chi connectivity index (χ1) is 11.4. The molecule has 2 rings (SSSR count). The molecule has 1 N–H and O–H groups in total. The molecule has 0 fully saturated rings. The van der Waals surface area contributed by atoms with Gasteiger partial charge in [0.15, 0.2) is 0 Å². The molecule has 0 aliphatic heterocycles. The van der Waals surface area contributed by atoms with Crippen LogP contribution in [0.2, 0.25) is 5.02 Å². The normalized spacial score (nSPS) is 10.2. The Morgan fingerprint density at radius 3 is 2.79 bits per heavy atom. The number of non-ortho nitro benzene ring substituents is 1. The summed E-state index contributed by atoms with van der Waals surface area (Å²) in [5.74, 6) is -1.07. The second-order valence-electron chi connectivity index (χ2n) is 4.72. The Morgan fingerprint density at radius 1 is 1.46 bits per heavy atom. The summed E-state index contributed by atoms with van der Waals surface area (Å²) < 4.78 is 6.45. The zero-order valence-electron chi connectivity index (χ0n) is 12.6. The molecule has 0 atom stereocenters. The molecule has 2 aromatic rings. The lowest BCUT2D eigenvalue weighted by Crippen LogP contribution is -2.28. The zero-order valence-corrected chi connectivity index (χ0v) is 13.3. The van der Waals surface area contributed by atoms with Gasteiger partial charge in [0, 0.05) is 25.4 Å². The van der Waals surface area contributed by atoms with E-state index in [1.165, 1.54) is 29.2 Å². The minimum Gasteiger partial charge on any atom is -0.460 e. The number of aryl methyl sites for hydroxylation is 1. The first kappa shape index (κ1) is 17.4. The number of halogens is 1. The van der Waals surface area contributed by atoms with Crippen LogP contribution in [0, 0.1) is 10.1 Å². The molecule has 1 amide bonds. The standard InChI is InChI=1S/C14H13ClN4O5/c1-18-8-9(7-17-18)14(21)24-5-4-16-13(20)11-3-2-10(19(22)23)6-12(11)15/h2-3,6-8H,4-5H2,1H3,(H,16,20). The van der Waals surface area contributed by atoms with Gasteiger partial charge in [-0.25, -0.2) is 4.79 Å². The molecule has 0 aliphatic carbocycles. The van der Waals surface area contributed by atoms with Crippen LogP contribution in [0.25, 0.3) is 0 Å². The number of carbonyl (C=O) groups is 2. The van der Waals surface area contributed by atoms with Gasteiger partial charge in [-0.05, 0) is 6.07 Å². The molecule has 1 aromatic carbocycles. The number of nitro benzene ring substituents is 1. The molecule has 1 heterocycles. The average Bonchev–Trinajstić information content (AvgIpc) is 2.97. The second-order valence-corrected chi connectivity index (χ2v) is 5.12. The molecular weight excluding hydrogens is 340 g/mol. The third kappa shape index (κ3) is 4.29. The predicted molar refractivity (Wildman–Crippen MR) is 83.9 cm³/mol. The maximum Gasteiger partial charge on any atom is 0.341 e. The summed E-state index contributed by atoms with van der Waals surface area (Å²) >= 11 is 5.85. The Labute approximate surface area is 141 Å². The molecule has 0 aliphatic rings. The van der Waals surface area contributed by atoms with Gasteiger partial charge in [0.05, 0.1) is 33.8 Å². The van der Waals surface area contributed by atoms with E-state index in [1.54, 1.807) is 7.05 Å². The number of aromatic nitrogens is 2. The van der Waals surface area contributed by atoms with Crippen LogP contribution in [0.4, 0.5) is 5.69 Å². The molecule has 0 spiro atoms. The number of nitro groups is 1. The molecule has 0 saturated carbocycles. The van der Waals surface area contributed by atoms with Crippen molar-refractivity contribution in [2.45, 2.75) is 0 Å². The highest BCUT2D eigenvalue weighted by Crippen LogP contribution is 2.22. The van der Waals surface area contributed by atoms with Gasteiger partial charge in [0.1, 0.15) is 6.61 Å². The van der Waals surface area contributed by atoms with Crippen LogP contribution in [0.5, 0.6) is 0 Å². The summed E-state index contributed by atoms with van der Waals surface area (Å²) in [4.78, 5) is 33.6. The minimum atomic E-state index is -0.606. The summed E-state index contributed by atoms with van der Waals surface area (Å²) in [7, 11) is 1.67. The third-order valence-corrected chi connectivity index (χ3v) is 3.28. The fourth-order valence-electron chi connectivity index (χ4n) is 1.82. The lowest BCUT2D eigenvalue weighted by molar-refractivity contribution is -0.384. The molecule has 24 heavy (non-hydrogen) atoms. The van der Waals surface area contributed by atoms with E-state index in [0.29, 0.717) is 5.56 Å². The first-order valence-corrected chi connectivity index (χ1v) is 7.14. The lowest BCUT2D eigenvalue weighted by Gasteiger charge is -2.07. The zero-order chi connectivity index (χ0) is 17.7. The largest absolute Gasteiger partial charge is 0.460 e. The van der Waals surface area contributed by atoms with Crippen molar-refractivity contribution in [3.05, 3.63) is 56.9 Å². The Bertz CT molecular complexity index is 789. The van der Waals surface area contributed by atoms with E-state index >= 15 is 0 Å². The minimum absolute atomic E-state index is 0.0333. The van der Waals surface area contributed by atoms with Crippen molar-refractivity contribution < 1.29 is 19.2 Å². The highest BCUT2D eigenvalue weighted by Gasteiger charge is 2.15. The fraction of sp³-hybridized carbons (Fsp3) is 0.214. The van der Waals surface area contributed by atoms with Crippen LogP contribution >= 0.6 is 11.6 Å². The quantitative estimate of drug-likeness (QED) is 0.365. The average molecular weight is 353 g/mol. The summed E-state index contributed by atoms with van der Waals surface area (Å²) in [6.07, 6.45) is 2.88. The number of nitrogens with one attached hydrogen (secondary N) is 1. The van der Waals surface area contributed by atoms with Crippen LogP contribution in [-0.4, -0.2) is 39.7 Å². The maximum absolute atomic E-state index is 11.9. The van der Waals surface area contributed by atoms with Crippen molar-refractivity contribution in [1.82, 2.24) is 15.1 Å². The van der Waals surface area contributed by atoms with Gasteiger partial charge in [0.2, 0.25) is 0 Å². The Morgan fingerprint density at radius 2 is 2.21 bits per heavy atom. The SMILES string of the molecule is Cn1cc(C(=O)OCCNC(=O)c2ccc([N+](=O)[O-])cc2Cl)cn1. The molecular formula is C14H13ClN4O5. The number of carbonyl (C=O) groups excluding carboxylic acids is 2. The number of benzene rings is 1. The molecule has 126 valence electrons. The topological polar surface area (TPSA) is 116 Å². The van der Waals surface area contributed by atoms with Crippen molar-refractivity contribution in [1.29, 1.82) is 0 Å². The Balaban J connectivity index is 1.83. The fourth-order valence-corrected chi connectivity index (χ4v) is 2.08. The van der Waals surface area contributed by atoms with Gasteiger partial charge in [-0.15, -0.1) is 0 Å². The Kier molecular flexibility index (Phi) is 5.48. The van der Waals surface area contributed by atoms with E-state index in [1.807, 2.05) is 0 Å². The van der Waals surface area contributed by atoms with Gasteiger partial charge in [0.25, 0.3) is 11.6 Å². The number of hydrogen-bond acceptors (Lipinski definition) is 6. The molecule has 0 saturated heterocycles. The summed E-state index contributed by atoms with van der Waals surface area (Å²) in [6, 6.07) is 3.54. The smallest absolute Gasteiger partial charge is 0.341 e. The van der Waals surface area contributed by atoms with Crippen LogP contribution in [0.1, 0.15) is 20.7 Å². The number of ether oxygens (including phenoxy) is 1. The predicted octanol–water partition coefficient (Wildman–Crippen LogP) is 1.57.